The summed E-state index contributed by atoms with van der Waals surface area (Å²) in [4.78, 5) is 21.5. The number of piperazine rings is 1. The molecule has 0 bridgehead atoms. The van der Waals surface area contributed by atoms with Gasteiger partial charge in [-0.2, -0.15) is 0 Å². The lowest BCUT2D eigenvalue weighted by Crippen LogP contribution is -2.49. The van der Waals surface area contributed by atoms with Gasteiger partial charge in [-0.3, -0.25) is 14.6 Å². The number of pyridine rings is 1. The van der Waals surface area contributed by atoms with Crippen molar-refractivity contribution in [3.63, 3.8) is 0 Å². The molecule has 1 amide bonds. The first-order chi connectivity index (χ1) is 16.7. The molecule has 2 heterocycles. The van der Waals surface area contributed by atoms with Crippen LogP contribution in [0, 0.1) is 0 Å². The van der Waals surface area contributed by atoms with Gasteiger partial charge in [-0.25, -0.2) is 4.98 Å². The Hall–Kier alpha value is -2.58. The SMILES string of the molecule is O=C(CN1CCN(CCOc2ccccc2Cl)CC1)Nc1cccc(CSc2ccccn2)c1. The number of carbonyl (C=O) groups is 1. The van der Waals surface area contributed by atoms with Crippen molar-refractivity contribution in [2.24, 2.45) is 0 Å². The number of rotatable bonds is 10. The molecule has 3 aromatic rings. The van der Waals surface area contributed by atoms with E-state index in [1.54, 1.807) is 18.0 Å². The van der Waals surface area contributed by atoms with Crippen LogP contribution in [0.1, 0.15) is 5.56 Å². The quantitative estimate of drug-likeness (QED) is 0.412. The first kappa shape index (κ1) is 24.5. The number of thioether (sulfide) groups is 1. The molecule has 0 spiro atoms. The molecule has 2 aromatic carbocycles. The summed E-state index contributed by atoms with van der Waals surface area (Å²) in [6.07, 6.45) is 1.80. The zero-order valence-corrected chi connectivity index (χ0v) is 20.6. The van der Waals surface area contributed by atoms with E-state index in [1.807, 2.05) is 60.7 Å². The molecule has 0 atom stereocenters. The van der Waals surface area contributed by atoms with Crippen molar-refractivity contribution in [2.45, 2.75) is 10.8 Å². The Labute approximate surface area is 210 Å². The minimum atomic E-state index is 0.0185. The first-order valence-electron chi connectivity index (χ1n) is 11.4. The number of nitrogens with zero attached hydrogens (tertiary/aromatic N) is 3. The van der Waals surface area contributed by atoms with Crippen LogP contribution >= 0.6 is 23.4 Å². The molecule has 1 aliphatic heterocycles. The van der Waals surface area contributed by atoms with Crippen LogP contribution in [-0.2, 0) is 10.5 Å². The van der Waals surface area contributed by atoms with Crippen LogP contribution in [0.15, 0.2) is 78.0 Å². The number of hydrogen-bond donors (Lipinski definition) is 1. The largest absolute Gasteiger partial charge is 0.491 e. The van der Waals surface area contributed by atoms with E-state index in [4.69, 9.17) is 16.3 Å². The molecule has 1 aliphatic rings. The molecule has 6 nitrogen and oxygen atoms in total. The topological polar surface area (TPSA) is 57.7 Å². The van der Waals surface area contributed by atoms with Gasteiger partial charge in [-0.05, 0) is 42.0 Å². The van der Waals surface area contributed by atoms with Gasteiger partial charge < -0.3 is 10.1 Å². The van der Waals surface area contributed by atoms with Crippen molar-refractivity contribution < 1.29 is 9.53 Å². The van der Waals surface area contributed by atoms with E-state index in [1.165, 1.54) is 0 Å². The maximum Gasteiger partial charge on any atom is 0.238 e. The molecule has 1 N–H and O–H groups in total. The Bertz CT molecular complexity index is 1060. The van der Waals surface area contributed by atoms with Crippen molar-refractivity contribution in [3.05, 3.63) is 83.5 Å². The fourth-order valence-electron chi connectivity index (χ4n) is 3.75. The van der Waals surface area contributed by atoms with E-state index in [-0.39, 0.29) is 5.91 Å². The van der Waals surface area contributed by atoms with Crippen molar-refractivity contribution >= 4 is 35.0 Å². The number of ether oxygens (including phenoxy) is 1. The van der Waals surface area contributed by atoms with E-state index >= 15 is 0 Å². The predicted molar refractivity (Wildman–Crippen MR) is 139 cm³/mol. The molecule has 178 valence electrons. The van der Waals surface area contributed by atoms with Crippen LogP contribution in [0.3, 0.4) is 0 Å². The van der Waals surface area contributed by atoms with Gasteiger partial charge in [0.2, 0.25) is 5.91 Å². The van der Waals surface area contributed by atoms with Gasteiger partial charge in [0.25, 0.3) is 0 Å². The van der Waals surface area contributed by atoms with Gasteiger partial charge >= 0.3 is 0 Å². The molecule has 1 saturated heterocycles. The smallest absolute Gasteiger partial charge is 0.238 e. The Kier molecular flexibility index (Phi) is 9.21. The number of hydrogen-bond acceptors (Lipinski definition) is 6. The monoisotopic (exact) mass is 496 g/mol. The van der Waals surface area contributed by atoms with Gasteiger partial charge in [-0.15, -0.1) is 11.8 Å². The van der Waals surface area contributed by atoms with Gasteiger partial charge in [0.05, 0.1) is 16.6 Å². The Morgan fingerprint density at radius 1 is 1.00 bits per heavy atom. The highest BCUT2D eigenvalue weighted by molar-refractivity contribution is 7.98. The highest BCUT2D eigenvalue weighted by Gasteiger charge is 2.19. The second-order valence-corrected chi connectivity index (χ2v) is 9.50. The summed E-state index contributed by atoms with van der Waals surface area (Å²) >= 11 is 7.82. The summed E-state index contributed by atoms with van der Waals surface area (Å²) in [5.74, 6) is 1.55. The summed E-state index contributed by atoms with van der Waals surface area (Å²) < 4.78 is 5.79. The number of aromatic nitrogens is 1. The average molecular weight is 497 g/mol. The average Bonchev–Trinajstić information content (AvgIpc) is 2.86. The lowest BCUT2D eigenvalue weighted by Gasteiger charge is -2.34. The van der Waals surface area contributed by atoms with E-state index in [9.17, 15) is 4.79 Å². The molecule has 1 aromatic heterocycles. The van der Waals surface area contributed by atoms with E-state index in [0.29, 0.717) is 18.2 Å². The first-order valence-corrected chi connectivity index (χ1v) is 12.8. The van der Waals surface area contributed by atoms with Crippen molar-refractivity contribution in [2.75, 3.05) is 51.2 Å². The molecular formula is C26H29ClN4O2S. The number of amides is 1. The van der Waals surface area contributed by atoms with Gasteiger partial charge in [-0.1, -0.05) is 41.9 Å². The molecule has 34 heavy (non-hydrogen) atoms. The molecule has 4 rings (SSSR count). The lowest BCUT2D eigenvalue weighted by atomic mass is 10.2. The van der Waals surface area contributed by atoms with Crippen molar-refractivity contribution in [1.29, 1.82) is 0 Å². The second-order valence-electron chi connectivity index (χ2n) is 8.10. The van der Waals surface area contributed by atoms with Crippen molar-refractivity contribution in [1.82, 2.24) is 14.8 Å². The minimum Gasteiger partial charge on any atom is -0.491 e. The van der Waals surface area contributed by atoms with Crippen LogP contribution in [0.4, 0.5) is 5.69 Å². The predicted octanol–water partition coefficient (Wildman–Crippen LogP) is 4.66. The Balaban J connectivity index is 1.15. The van der Waals surface area contributed by atoms with Crippen LogP contribution in [0.2, 0.25) is 5.02 Å². The number of nitrogens with one attached hydrogen (secondary N) is 1. The minimum absolute atomic E-state index is 0.0185. The third kappa shape index (κ3) is 7.74. The molecule has 8 heteroatoms. The fraction of sp³-hybridized carbons (Fsp3) is 0.308. The Morgan fingerprint density at radius 2 is 1.79 bits per heavy atom. The van der Waals surface area contributed by atoms with Gasteiger partial charge in [0.1, 0.15) is 12.4 Å². The van der Waals surface area contributed by atoms with E-state index in [0.717, 1.165) is 60.5 Å². The zero-order chi connectivity index (χ0) is 23.6. The summed E-state index contributed by atoms with van der Waals surface area (Å²) in [6.45, 7) is 5.39. The molecule has 0 radical (unpaired) electrons. The molecular weight excluding hydrogens is 468 g/mol. The van der Waals surface area contributed by atoms with Crippen LogP contribution in [-0.4, -0.2) is 66.6 Å². The summed E-state index contributed by atoms with van der Waals surface area (Å²) in [6, 6.07) is 21.4. The third-order valence-electron chi connectivity index (χ3n) is 5.57. The van der Waals surface area contributed by atoms with Crippen molar-refractivity contribution in [3.8, 4) is 5.75 Å². The zero-order valence-electron chi connectivity index (χ0n) is 19.0. The molecule has 0 unspecified atom stereocenters. The standard InChI is InChI=1S/C26H29ClN4O2S/c27-23-8-1-2-9-24(23)33-17-16-30-12-14-31(15-13-30)19-25(32)29-22-7-5-6-21(18-22)20-34-26-10-3-4-11-28-26/h1-11,18H,12-17,19-20H2,(H,29,32). The third-order valence-corrected chi connectivity index (χ3v) is 6.90. The number of carbonyl (C=O) groups excluding carboxylic acids is 1. The summed E-state index contributed by atoms with van der Waals surface area (Å²) in [7, 11) is 0. The van der Waals surface area contributed by atoms with Gasteiger partial charge in [0, 0.05) is 50.4 Å². The molecule has 0 aliphatic carbocycles. The maximum atomic E-state index is 12.6. The number of halogens is 1. The van der Waals surface area contributed by atoms with E-state index < -0.39 is 0 Å². The summed E-state index contributed by atoms with van der Waals surface area (Å²) in [5, 5.41) is 4.67. The highest BCUT2D eigenvalue weighted by Crippen LogP contribution is 2.23. The molecule has 1 fully saturated rings. The number of para-hydroxylation sites is 1. The van der Waals surface area contributed by atoms with Gasteiger partial charge in [0.15, 0.2) is 0 Å². The number of benzene rings is 2. The summed E-state index contributed by atoms with van der Waals surface area (Å²) in [5.41, 5.74) is 1.99. The van der Waals surface area contributed by atoms with Crippen LogP contribution in [0.25, 0.3) is 0 Å². The maximum absolute atomic E-state index is 12.6. The number of anilines is 1. The fourth-order valence-corrected chi connectivity index (χ4v) is 4.74. The van der Waals surface area contributed by atoms with Crippen LogP contribution < -0.4 is 10.1 Å². The van der Waals surface area contributed by atoms with E-state index in [2.05, 4.69) is 26.2 Å². The highest BCUT2D eigenvalue weighted by atomic mass is 35.5. The second kappa shape index (κ2) is 12.8. The molecule has 0 saturated carbocycles. The van der Waals surface area contributed by atoms with Crippen LogP contribution in [0.5, 0.6) is 5.75 Å². The lowest BCUT2D eigenvalue weighted by molar-refractivity contribution is -0.117. The Morgan fingerprint density at radius 3 is 2.59 bits per heavy atom. The normalized spacial score (nSPS) is 14.6.